The molecule has 1 atom stereocenters. The molecule has 0 radical (unpaired) electrons. The number of halogens is 3. The molecular formula is C21H21F3N4O2S. The Balaban J connectivity index is 1.93. The van der Waals surface area contributed by atoms with Crippen molar-refractivity contribution < 1.29 is 22.7 Å². The van der Waals surface area contributed by atoms with Crippen LogP contribution < -0.4 is 10.1 Å². The first-order chi connectivity index (χ1) is 14.7. The Morgan fingerprint density at radius 3 is 2.35 bits per heavy atom. The summed E-state index contributed by atoms with van der Waals surface area (Å²) < 4.78 is 44.2. The predicted molar refractivity (Wildman–Crippen MR) is 112 cm³/mol. The van der Waals surface area contributed by atoms with E-state index in [0.29, 0.717) is 16.7 Å². The second-order valence-corrected chi connectivity index (χ2v) is 8.11. The number of aromatic nitrogens is 3. The fourth-order valence-electron chi connectivity index (χ4n) is 2.74. The molecule has 3 rings (SSSR count). The van der Waals surface area contributed by atoms with E-state index in [1.807, 2.05) is 48.6 Å². The van der Waals surface area contributed by atoms with Crippen LogP contribution in [-0.4, -0.2) is 45.8 Å². The summed E-state index contributed by atoms with van der Waals surface area (Å²) in [5, 5.41) is 9.98. The molecule has 6 nitrogen and oxygen atoms in total. The summed E-state index contributed by atoms with van der Waals surface area (Å²) in [5.74, 6) is 0.499. The number of hydrogen-bond donors (Lipinski definition) is 1. The van der Waals surface area contributed by atoms with Crippen LogP contribution in [0.2, 0.25) is 0 Å². The highest BCUT2D eigenvalue weighted by Crippen LogP contribution is 2.31. The van der Waals surface area contributed by atoms with Gasteiger partial charge in [-0.1, -0.05) is 29.5 Å². The van der Waals surface area contributed by atoms with Crippen LogP contribution >= 0.6 is 11.8 Å². The highest BCUT2D eigenvalue weighted by atomic mass is 32.2. The number of methoxy groups -OCH3 is 1. The van der Waals surface area contributed by atoms with Gasteiger partial charge >= 0.3 is 6.18 Å². The Bertz CT molecular complexity index is 1030. The molecule has 0 fully saturated rings. The zero-order valence-corrected chi connectivity index (χ0v) is 17.9. The number of carbonyl (C=O) groups excluding carboxylic acids is 1. The van der Waals surface area contributed by atoms with Crippen molar-refractivity contribution >= 4 is 17.7 Å². The van der Waals surface area contributed by atoms with E-state index in [2.05, 4.69) is 10.2 Å². The van der Waals surface area contributed by atoms with Crippen LogP contribution in [0.5, 0.6) is 5.75 Å². The van der Waals surface area contributed by atoms with Gasteiger partial charge in [0.25, 0.3) is 0 Å². The Morgan fingerprint density at radius 1 is 1.13 bits per heavy atom. The number of rotatable bonds is 7. The normalized spacial score (nSPS) is 12.5. The quantitative estimate of drug-likeness (QED) is 0.540. The standard InChI is InChI=1S/C21H21F3N4O2S/c1-13-4-8-16(9-5-13)28-18(15-6-10-17(30-3)11-7-15)26-27-20(28)31-14(2)19(29)25-12-21(22,23)24/h4-11,14H,12H2,1-3H3,(H,25,29). The lowest BCUT2D eigenvalue weighted by Gasteiger charge is -2.15. The number of ether oxygens (including phenoxy) is 1. The number of amides is 1. The number of carbonyl (C=O) groups is 1. The molecule has 0 aliphatic carbocycles. The van der Waals surface area contributed by atoms with Crippen molar-refractivity contribution in [3.05, 3.63) is 54.1 Å². The monoisotopic (exact) mass is 450 g/mol. The fourth-order valence-corrected chi connectivity index (χ4v) is 3.63. The first-order valence-electron chi connectivity index (χ1n) is 9.36. The molecule has 2 aromatic carbocycles. The maximum atomic E-state index is 12.4. The minimum atomic E-state index is -4.47. The summed E-state index contributed by atoms with van der Waals surface area (Å²) in [4.78, 5) is 12.1. The van der Waals surface area contributed by atoms with E-state index in [0.717, 1.165) is 28.6 Å². The third-order valence-electron chi connectivity index (χ3n) is 4.39. The van der Waals surface area contributed by atoms with Gasteiger partial charge in [-0.2, -0.15) is 13.2 Å². The number of hydrogen-bond acceptors (Lipinski definition) is 5. The molecule has 1 aromatic heterocycles. The van der Waals surface area contributed by atoms with E-state index >= 15 is 0 Å². The number of nitrogens with one attached hydrogen (secondary N) is 1. The first-order valence-corrected chi connectivity index (χ1v) is 10.2. The summed E-state index contributed by atoms with van der Waals surface area (Å²) in [6, 6.07) is 14.9. The average molecular weight is 450 g/mol. The Labute approximate surface area is 181 Å². The molecule has 0 aliphatic heterocycles. The van der Waals surface area contributed by atoms with Gasteiger partial charge < -0.3 is 10.1 Å². The molecule has 3 aromatic rings. The van der Waals surface area contributed by atoms with E-state index in [-0.39, 0.29) is 0 Å². The van der Waals surface area contributed by atoms with Gasteiger partial charge in [-0.15, -0.1) is 10.2 Å². The van der Waals surface area contributed by atoms with Gasteiger partial charge in [-0.05, 0) is 50.2 Å². The van der Waals surface area contributed by atoms with Crippen LogP contribution in [0.4, 0.5) is 13.2 Å². The molecular weight excluding hydrogens is 429 g/mol. The van der Waals surface area contributed by atoms with Crippen LogP contribution in [0.15, 0.2) is 53.7 Å². The molecule has 10 heteroatoms. The fraction of sp³-hybridized carbons (Fsp3) is 0.286. The molecule has 0 saturated heterocycles. The first kappa shape index (κ1) is 22.7. The zero-order valence-electron chi connectivity index (χ0n) is 17.1. The molecule has 1 N–H and O–H groups in total. The van der Waals surface area contributed by atoms with Crippen molar-refractivity contribution in [2.24, 2.45) is 0 Å². The van der Waals surface area contributed by atoms with Gasteiger partial charge in [-0.25, -0.2) is 0 Å². The van der Waals surface area contributed by atoms with Crippen molar-refractivity contribution in [3.8, 4) is 22.8 Å². The topological polar surface area (TPSA) is 69.0 Å². The molecule has 31 heavy (non-hydrogen) atoms. The minimum Gasteiger partial charge on any atom is -0.497 e. The van der Waals surface area contributed by atoms with E-state index in [4.69, 9.17) is 4.74 Å². The lowest BCUT2D eigenvalue weighted by molar-refractivity contribution is -0.137. The summed E-state index contributed by atoms with van der Waals surface area (Å²) >= 11 is 1.04. The van der Waals surface area contributed by atoms with E-state index in [9.17, 15) is 18.0 Å². The third kappa shape index (κ3) is 5.78. The smallest absolute Gasteiger partial charge is 0.405 e. The molecule has 0 spiro atoms. The van der Waals surface area contributed by atoms with Crippen LogP contribution in [0.25, 0.3) is 17.1 Å². The van der Waals surface area contributed by atoms with Crippen LogP contribution in [-0.2, 0) is 4.79 Å². The van der Waals surface area contributed by atoms with Crippen molar-refractivity contribution in [2.75, 3.05) is 13.7 Å². The van der Waals surface area contributed by atoms with Gasteiger partial charge in [0.1, 0.15) is 12.3 Å². The van der Waals surface area contributed by atoms with Gasteiger partial charge in [0.05, 0.1) is 12.4 Å². The Kier molecular flexibility index (Phi) is 6.89. The van der Waals surface area contributed by atoms with Gasteiger partial charge in [0.2, 0.25) is 5.91 Å². The van der Waals surface area contributed by atoms with Crippen molar-refractivity contribution in [1.82, 2.24) is 20.1 Å². The predicted octanol–water partition coefficient (Wildman–Crippen LogP) is 4.41. The minimum absolute atomic E-state index is 0.393. The summed E-state index contributed by atoms with van der Waals surface area (Å²) in [5.41, 5.74) is 2.61. The maximum absolute atomic E-state index is 12.4. The highest BCUT2D eigenvalue weighted by Gasteiger charge is 2.29. The zero-order chi connectivity index (χ0) is 22.6. The van der Waals surface area contributed by atoms with E-state index in [1.165, 1.54) is 6.92 Å². The molecule has 1 amide bonds. The summed E-state index contributed by atoms with van der Waals surface area (Å²) in [6.45, 7) is 2.11. The number of thioether (sulfide) groups is 1. The molecule has 0 aliphatic rings. The number of nitrogens with zero attached hydrogens (tertiary/aromatic N) is 3. The molecule has 0 saturated carbocycles. The van der Waals surface area contributed by atoms with Gasteiger partial charge in [0, 0.05) is 11.3 Å². The van der Waals surface area contributed by atoms with Gasteiger partial charge in [0.15, 0.2) is 11.0 Å². The van der Waals surface area contributed by atoms with Crippen molar-refractivity contribution in [3.63, 3.8) is 0 Å². The van der Waals surface area contributed by atoms with E-state index < -0.39 is 23.9 Å². The largest absolute Gasteiger partial charge is 0.497 e. The molecule has 1 unspecified atom stereocenters. The molecule has 1 heterocycles. The summed E-state index contributed by atoms with van der Waals surface area (Å²) in [6.07, 6.45) is -4.47. The lowest BCUT2D eigenvalue weighted by atomic mass is 10.2. The Morgan fingerprint density at radius 2 is 1.77 bits per heavy atom. The molecule has 0 bridgehead atoms. The SMILES string of the molecule is COc1ccc(-c2nnc(SC(C)C(=O)NCC(F)(F)F)n2-c2ccc(C)cc2)cc1. The second kappa shape index (κ2) is 9.42. The Hall–Kier alpha value is -3.01. The van der Waals surface area contributed by atoms with Crippen molar-refractivity contribution in [1.29, 1.82) is 0 Å². The average Bonchev–Trinajstić information content (AvgIpc) is 3.15. The van der Waals surface area contributed by atoms with Crippen LogP contribution in [0.1, 0.15) is 12.5 Å². The number of alkyl halides is 3. The van der Waals surface area contributed by atoms with Gasteiger partial charge in [-0.3, -0.25) is 9.36 Å². The third-order valence-corrected chi connectivity index (χ3v) is 5.43. The van der Waals surface area contributed by atoms with E-state index in [1.54, 1.807) is 23.8 Å². The van der Waals surface area contributed by atoms with Crippen LogP contribution in [0, 0.1) is 6.92 Å². The number of benzene rings is 2. The van der Waals surface area contributed by atoms with Crippen LogP contribution in [0.3, 0.4) is 0 Å². The number of aryl methyl sites for hydroxylation is 1. The lowest BCUT2D eigenvalue weighted by Crippen LogP contribution is -2.38. The second-order valence-electron chi connectivity index (χ2n) is 6.80. The maximum Gasteiger partial charge on any atom is 0.405 e. The summed E-state index contributed by atoms with van der Waals surface area (Å²) in [7, 11) is 1.57. The van der Waals surface area contributed by atoms with Crippen molar-refractivity contribution in [2.45, 2.75) is 30.4 Å². The highest BCUT2D eigenvalue weighted by molar-refractivity contribution is 8.00. The molecule has 164 valence electrons.